The van der Waals surface area contributed by atoms with Crippen LogP contribution < -0.4 is 4.74 Å². The summed E-state index contributed by atoms with van der Waals surface area (Å²) in [5, 5.41) is 4.90. The van der Waals surface area contributed by atoms with Gasteiger partial charge in [-0.3, -0.25) is 4.79 Å². The average molecular weight is 279 g/mol. The molecule has 0 atom stereocenters. The van der Waals surface area contributed by atoms with E-state index in [9.17, 15) is 4.79 Å². The molecule has 5 heteroatoms. The van der Waals surface area contributed by atoms with Crippen molar-refractivity contribution in [2.24, 2.45) is 7.05 Å². The van der Waals surface area contributed by atoms with Crippen LogP contribution in [0.1, 0.15) is 27.2 Å². The molecule has 0 amide bonds. The van der Waals surface area contributed by atoms with Crippen LogP contribution in [0, 0.1) is 20.8 Å². The molecule has 0 aliphatic carbocycles. The topological polar surface area (TPSA) is 44.1 Å². The highest BCUT2D eigenvalue weighted by Crippen LogP contribution is 2.30. The Morgan fingerprint density at radius 1 is 1.26 bits per heavy atom. The lowest BCUT2D eigenvalue weighted by atomic mass is 10.1. The Kier molecular flexibility index (Phi) is 3.62. The fourth-order valence-corrected chi connectivity index (χ4v) is 2.10. The van der Waals surface area contributed by atoms with Crippen LogP contribution in [0.4, 0.5) is 0 Å². The molecule has 0 unspecified atom stereocenters. The van der Waals surface area contributed by atoms with Gasteiger partial charge in [0.1, 0.15) is 5.75 Å². The van der Waals surface area contributed by atoms with Gasteiger partial charge < -0.3 is 4.74 Å². The van der Waals surface area contributed by atoms with Crippen LogP contribution >= 0.6 is 11.6 Å². The molecule has 0 saturated heterocycles. The van der Waals surface area contributed by atoms with Crippen molar-refractivity contribution in [2.75, 3.05) is 0 Å². The summed E-state index contributed by atoms with van der Waals surface area (Å²) < 4.78 is 7.33. The predicted molar refractivity (Wildman–Crippen MR) is 74.3 cm³/mol. The third-order valence-electron chi connectivity index (χ3n) is 2.96. The number of benzene rings is 1. The van der Waals surface area contributed by atoms with Gasteiger partial charge in [-0.1, -0.05) is 11.6 Å². The van der Waals surface area contributed by atoms with Crippen molar-refractivity contribution in [1.82, 2.24) is 9.78 Å². The highest BCUT2D eigenvalue weighted by molar-refractivity contribution is 6.32. The molecule has 0 spiro atoms. The van der Waals surface area contributed by atoms with Crippen molar-refractivity contribution < 1.29 is 9.53 Å². The summed E-state index contributed by atoms with van der Waals surface area (Å²) in [5.74, 6) is 1.08. The lowest BCUT2D eigenvalue weighted by molar-refractivity contribution is 0.112. The molecule has 0 fully saturated rings. The van der Waals surface area contributed by atoms with Crippen LogP contribution in [-0.4, -0.2) is 16.1 Å². The summed E-state index contributed by atoms with van der Waals surface area (Å²) in [6, 6.07) is 3.68. The third-order valence-corrected chi connectivity index (χ3v) is 3.55. The van der Waals surface area contributed by atoms with E-state index in [1.165, 1.54) is 0 Å². The van der Waals surface area contributed by atoms with Crippen LogP contribution in [0.5, 0.6) is 11.6 Å². The second-order valence-electron chi connectivity index (χ2n) is 4.52. The van der Waals surface area contributed by atoms with Gasteiger partial charge in [0.15, 0.2) is 6.29 Å². The standard InChI is InChI=1S/C14H15ClN2O2/c1-8-5-11(6-9(2)13(8)15)19-14-12(7-18)10(3)16-17(14)4/h5-7H,1-4H3. The number of nitrogens with zero attached hydrogens (tertiary/aromatic N) is 2. The summed E-state index contributed by atoms with van der Waals surface area (Å²) in [7, 11) is 1.74. The molecule has 0 N–H and O–H groups in total. The fraction of sp³-hybridized carbons (Fsp3) is 0.286. The minimum Gasteiger partial charge on any atom is -0.439 e. The Bertz CT molecular complexity index is 624. The zero-order valence-electron chi connectivity index (χ0n) is 11.3. The molecule has 19 heavy (non-hydrogen) atoms. The Balaban J connectivity index is 2.44. The van der Waals surface area contributed by atoms with Crippen molar-refractivity contribution in [1.29, 1.82) is 0 Å². The van der Waals surface area contributed by atoms with Gasteiger partial charge in [0, 0.05) is 12.1 Å². The van der Waals surface area contributed by atoms with E-state index in [2.05, 4.69) is 5.10 Å². The fourth-order valence-electron chi connectivity index (χ4n) is 1.99. The molecule has 0 aliphatic rings. The molecular weight excluding hydrogens is 264 g/mol. The Morgan fingerprint density at radius 3 is 2.37 bits per heavy atom. The lowest BCUT2D eigenvalue weighted by Gasteiger charge is -2.10. The molecule has 2 rings (SSSR count). The second-order valence-corrected chi connectivity index (χ2v) is 4.90. The molecule has 0 bridgehead atoms. The summed E-state index contributed by atoms with van der Waals surface area (Å²) >= 11 is 6.12. The SMILES string of the molecule is Cc1cc(Oc2c(C=O)c(C)nn2C)cc(C)c1Cl. The third kappa shape index (κ3) is 2.49. The second kappa shape index (κ2) is 5.05. The molecule has 1 aromatic carbocycles. The van der Waals surface area contributed by atoms with Crippen molar-refractivity contribution in [3.63, 3.8) is 0 Å². The first-order valence-electron chi connectivity index (χ1n) is 5.87. The van der Waals surface area contributed by atoms with Gasteiger partial charge in [-0.25, -0.2) is 4.68 Å². The maximum absolute atomic E-state index is 11.1. The van der Waals surface area contributed by atoms with Gasteiger partial charge in [-0.2, -0.15) is 5.10 Å². The number of rotatable bonds is 3. The van der Waals surface area contributed by atoms with E-state index in [4.69, 9.17) is 16.3 Å². The first-order valence-corrected chi connectivity index (χ1v) is 6.25. The predicted octanol–water partition coefficient (Wildman–Crippen LogP) is 3.60. The largest absolute Gasteiger partial charge is 0.439 e. The number of ether oxygens (including phenoxy) is 1. The number of hydrogen-bond acceptors (Lipinski definition) is 3. The highest BCUT2D eigenvalue weighted by atomic mass is 35.5. The quantitative estimate of drug-likeness (QED) is 0.806. The molecule has 0 radical (unpaired) electrons. The highest BCUT2D eigenvalue weighted by Gasteiger charge is 2.15. The lowest BCUT2D eigenvalue weighted by Crippen LogP contribution is -1.97. The summed E-state index contributed by atoms with van der Waals surface area (Å²) in [5.41, 5.74) is 2.98. The smallest absolute Gasteiger partial charge is 0.228 e. The van der Waals surface area contributed by atoms with E-state index < -0.39 is 0 Å². The number of carbonyl (C=O) groups is 1. The van der Waals surface area contributed by atoms with Crippen LogP contribution in [0.2, 0.25) is 5.02 Å². The van der Waals surface area contributed by atoms with E-state index in [1.54, 1.807) is 18.7 Å². The first-order chi connectivity index (χ1) is 8.93. The van der Waals surface area contributed by atoms with Gasteiger partial charge in [-0.05, 0) is 44.0 Å². The van der Waals surface area contributed by atoms with Crippen molar-refractivity contribution in [3.05, 3.63) is 39.5 Å². The van der Waals surface area contributed by atoms with E-state index >= 15 is 0 Å². The Labute approximate surface area is 116 Å². The summed E-state index contributed by atoms with van der Waals surface area (Å²) in [6.07, 6.45) is 0.757. The number of halogens is 1. The maximum atomic E-state index is 11.1. The van der Waals surface area contributed by atoms with Crippen molar-refractivity contribution in [2.45, 2.75) is 20.8 Å². The van der Waals surface area contributed by atoms with E-state index in [0.29, 0.717) is 22.9 Å². The zero-order valence-corrected chi connectivity index (χ0v) is 12.1. The zero-order chi connectivity index (χ0) is 14.2. The van der Waals surface area contributed by atoms with Gasteiger partial charge in [0.2, 0.25) is 5.88 Å². The van der Waals surface area contributed by atoms with Gasteiger partial charge in [0.05, 0.1) is 11.3 Å². The molecule has 0 saturated carbocycles. The van der Waals surface area contributed by atoms with E-state index in [0.717, 1.165) is 22.4 Å². The van der Waals surface area contributed by atoms with Gasteiger partial charge in [-0.15, -0.1) is 0 Å². The van der Waals surface area contributed by atoms with Gasteiger partial charge in [0.25, 0.3) is 0 Å². The number of hydrogen-bond donors (Lipinski definition) is 0. The number of aryl methyl sites for hydroxylation is 4. The van der Waals surface area contributed by atoms with Crippen LogP contribution in [0.15, 0.2) is 12.1 Å². The molecule has 0 aliphatic heterocycles. The number of aldehydes is 1. The average Bonchev–Trinajstić information content (AvgIpc) is 2.60. The van der Waals surface area contributed by atoms with Gasteiger partial charge >= 0.3 is 0 Å². The summed E-state index contributed by atoms with van der Waals surface area (Å²) in [6.45, 7) is 5.60. The molecule has 2 aromatic rings. The van der Waals surface area contributed by atoms with E-state index in [-0.39, 0.29) is 0 Å². The van der Waals surface area contributed by atoms with Crippen LogP contribution in [0.3, 0.4) is 0 Å². The van der Waals surface area contributed by atoms with Crippen LogP contribution in [0.25, 0.3) is 0 Å². The number of carbonyl (C=O) groups excluding carboxylic acids is 1. The number of aromatic nitrogens is 2. The minimum absolute atomic E-state index is 0.439. The maximum Gasteiger partial charge on any atom is 0.228 e. The monoisotopic (exact) mass is 278 g/mol. The van der Waals surface area contributed by atoms with Crippen molar-refractivity contribution >= 4 is 17.9 Å². The van der Waals surface area contributed by atoms with Crippen molar-refractivity contribution in [3.8, 4) is 11.6 Å². The summed E-state index contributed by atoms with van der Waals surface area (Å²) in [4.78, 5) is 11.1. The Hall–Kier alpha value is -1.81. The molecule has 100 valence electrons. The first kappa shape index (κ1) is 13.6. The molecule has 4 nitrogen and oxygen atoms in total. The van der Waals surface area contributed by atoms with Crippen LogP contribution in [-0.2, 0) is 7.05 Å². The molecular formula is C14H15ClN2O2. The Morgan fingerprint density at radius 2 is 1.84 bits per heavy atom. The minimum atomic E-state index is 0.439. The van der Waals surface area contributed by atoms with E-state index in [1.807, 2.05) is 26.0 Å². The molecule has 1 aromatic heterocycles. The molecule has 1 heterocycles. The normalized spacial score (nSPS) is 10.6.